The smallest absolute Gasteiger partial charge is 0.150 e. The summed E-state index contributed by atoms with van der Waals surface area (Å²) in [5, 5.41) is 10.4. The number of hydrogen-bond donors (Lipinski definition) is 1. The lowest BCUT2D eigenvalue weighted by Gasteiger charge is -2.11. The van der Waals surface area contributed by atoms with Crippen LogP contribution in [0.15, 0.2) is 54.0 Å². The van der Waals surface area contributed by atoms with E-state index in [1.807, 2.05) is 36.4 Å². The highest BCUT2D eigenvalue weighted by atomic mass is 35.5. The van der Waals surface area contributed by atoms with Crippen LogP contribution in [0.1, 0.15) is 4.88 Å². The van der Waals surface area contributed by atoms with Gasteiger partial charge >= 0.3 is 0 Å². The Labute approximate surface area is 149 Å². The molecular formula is C17H12BClN4S. The molecule has 0 atom stereocenters. The molecule has 3 aromatic heterocycles. The molecule has 0 unspecified atom stereocenters. The highest BCUT2D eigenvalue weighted by Gasteiger charge is 2.12. The van der Waals surface area contributed by atoms with Crippen LogP contribution in [0.4, 0.5) is 5.82 Å². The highest BCUT2D eigenvalue weighted by Crippen LogP contribution is 2.28. The normalized spacial score (nSPS) is 11.0. The second-order valence-electron chi connectivity index (χ2n) is 5.27. The minimum atomic E-state index is 0.531. The molecule has 0 saturated heterocycles. The molecule has 24 heavy (non-hydrogen) atoms. The van der Waals surface area contributed by atoms with Gasteiger partial charge in [0.2, 0.25) is 0 Å². The van der Waals surface area contributed by atoms with E-state index in [1.165, 1.54) is 4.88 Å². The van der Waals surface area contributed by atoms with Crippen molar-refractivity contribution in [2.75, 3.05) is 5.32 Å². The van der Waals surface area contributed by atoms with Gasteiger partial charge in [-0.2, -0.15) is 9.61 Å². The van der Waals surface area contributed by atoms with Gasteiger partial charge in [-0.3, -0.25) is 0 Å². The largest absolute Gasteiger partial charge is 0.365 e. The van der Waals surface area contributed by atoms with Gasteiger partial charge in [-0.1, -0.05) is 35.9 Å². The number of anilines is 1. The van der Waals surface area contributed by atoms with E-state index in [9.17, 15) is 0 Å². The Morgan fingerprint density at radius 2 is 2.08 bits per heavy atom. The summed E-state index contributed by atoms with van der Waals surface area (Å²) in [7, 11) is 6.02. The molecule has 4 aromatic rings. The molecule has 0 aliphatic carbocycles. The van der Waals surface area contributed by atoms with Crippen molar-refractivity contribution in [3.05, 3.63) is 63.9 Å². The van der Waals surface area contributed by atoms with Gasteiger partial charge in [0.05, 0.1) is 12.2 Å². The first-order valence-electron chi connectivity index (χ1n) is 7.38. The molecule has 0 spiro atoms. The summed E-state index contributed by atoms with van der Waals surface area (Å²) in [6, 6.07) is 13.7. The summed E-state index contributed by atoms with van der Waals surface area (Å²) in [5.41, 5.74) is 2.76. The van der Waals surface area contributed by atoms with Crippen molar-refractivity contribution in [2.24, 2.45) is 0 Å². The van der Waals surface area contributed by atoms with Crippen LogP contribution in [0.25, 0.3) is 16.9 Å². The summed E-state index contributed by atoms with van der Waals surface area (Å²) in [4.78, 5) is 5.86. The first-order valence-corrected chi connectivity index (χ1v) is 8.63. The van der Waals surface area contributed by atoms with Crippen molar-refractivity contribution >= 4 is 47.7 Å². The van der Waals surface area contributed by atoms with Crippen LogP contribution in [-0.2, 0) is 6.54 Å². The Bertz CT molecular complexity index is 997. The minimum Gasteiger partial charge on any atom is -0.365 e. The van der Waals surface area contributed by atoms with Crippen LogP contribution in [0.2, 0.25) is 5.02 Å². The number of fused-ring (bicyclic) bond motifs is 1. The van der Waals surface area contributed by atoms with E-state index >= 15 is 0 Å². The molecule has 7 heteroatoms. The quantitative estimate of drug-likeness (QED) is 0.573. The van der Waals surface area contributed by atoms with Gasteiger partial charge in [0.25, 0.3) is 0 Å². The maximum Gasteiger partial charge on any atom is 0.150 e. The minimum absolute atomic E-state index is 0.531. The first-order chi connectivity index (χ1) is 11.7. The second-order valence-corrected chi connectivity index (χ2v) is 6.71. The number of hydrogen-bond acceptors (Lipinski definition) is 4. The van der Waals surface area contributed by atoms with Crippen molar-refractivity contribution in [1.29, 1.82) is 0 Å². The van der Waals surface area contributed by atoms with Gasteiger partial charge in [0.15, 0.2) is 5.65 Å². The van der Waals surface area contributed by atoms with E-state index in [4.69, 9.17) is 19.4 Å². The lowest BCUT2D eigenvalue weighted by molar-refractivity contribution is 0.929. The summed E-state index contributed by atoms with van der Waals surface area (Å²) < 4.78 is 1.71. The van der Waals surface area contributed by atoms with Crippen LogP contribution >= 0.6 is 22.9 Å². The van der Waals surface area contributed by atoms with Crippen molar-refractivity contribution in [3.63, 3.8) is 0 Å². The molecule has 0 amide bonds. The Morgan fingerprint density at radius 3 is 2.88 bits per heavy atom. The third-order valence-corrected chi connectivity index (χ3v) is 4.88. The average molecular weight is 351 g/mol. The lowest BCUT2D eigenvalue weighted by Crippen LogP contribution is -2.09. The number of benzene rings is 1. The summed E-state index contributed by atoms with van der Waals surface area (Å²) >= 11 is 8.02. The summed E-state index contributed by atoms with van der Waals surface area (Å²) in [6.07, 6.45) is 1.61. The third kappa shape index (κ3) is 2.79. The van der Waals surface area contributed by atoms with Crippen LogP contribution in [0.3, 0.4) is 0 Å². The second kappa shape index (κ2) is 6.30. The van der Waals surface area contributed by atoms with Gasteiger partial charge in [-0.25, -0.2) is 4.98 Å². The monoisotopic (exact) mass is 350 g/mol. The van der Waals surface area contributed by atoms with E-state index in [0.29, 0.717) is 22.7 Å². The number of nitrogens with one attached hydrogen (secondary N) is 1. The van der Waals surface area contributed by atoms with Gasteiger partial charge in [0, 0.05) is 27.7 Å². The zero-order chi connectivity index (χ0) is 16.5. The number of halogens is 1. The fourth-order valence-corrected chi connectivity index (χ4v) is 3.38. The molecule has 2 radical (unpaired) electrons. The molecule has 0 aliphatic heterocycles. The van der Waals surface area contributed by atoms with Crippen molar-refractivity contribution < 1.29 is 0 Å². The maximum atomic E-state index is 6.32. The van der Waals surface area contributed by atoms with E-state index in [1.54, 1.807) is 22.0 Å². The van der Waals surface area contributed by atoms with Crippen LogP contribution < -0.4 is 10.8 Å². The number of aromatic nitrogens is 3. The van der Waals surface area contributed by atoms with Gasteiger partial charge < -0.3 is 5.32 Å². The molecule has 1 aromatic carbocycles. The third-order valence-electron chi connectivity index (χ3n) is 3.67. The van der Waals surface area contributed by atoms with E-state index < -0.39 is 0 Å². The van der Waals surface area contributed by atoms with Crippen molar-refractivity contribution in [2.45, 2.75) is 6.54 Å². The van der Waals surface area contributed by atoms with E-state index in [-0.39, 0.29) is 0 Å². The standard InChI is InChI=1S/C17H12BClN4S/c18-13-10-21-23-16(20-9-11-4-3-7-24-11)8-15(22-17(13)23)12-5-1-2-6-14(12)19/h1-8,10,20H,9H2. The molecule has 4 nitrogen and oxygen atoms in total. The topological polar surface area (TPSA) is 42.2 Å². The van der Waals surface area contributed by atoms with Gasteiger partial charge in [-0.15, -0.1) is 11.3 Å². The summed E-state index contributed by atoms with van der Waals surface area (Å²) in [5.74, 6) is 0.819. The molecule has 4 rings (SSSR count). The number of rotatable bonds is 4. The maximum absolute atomic E-state index is 6.32. The zero-order valence-electron chi connectivity index (χ0n) is 12.6. The molecular weight excluding hydrogens is 339 g/mol. The summed E-state index contributed by atoms with van der Waals surface area (Å²) in [6.45, 7) is 0.707. The van der Waals surface area contributed by atoms with E-state index in [2.05, 4.69) is 26.8 Å². The molecule has 0 saturated carbocycles. The SMILES string of the molecule is [B]c1cnn2c(NCc3cccs3)cc(-c3ccccc3Cl)nc12. The van der Waals surface area contributed by atoms with Gasteiger partial charge in [-0.05, 0) is 23.0 Å². The molecule has 0 bridgehead atoms. The number of thiophene rings is 1. The highest BCUT2D eigenvalue weighted by molar-refractivity contribution is 7.09. The van der Waals surface area contributed by atoms with Crippen molar-refractivity contribution in [3.8, 4) is 11.3 Å². The first kappa shape index (κ1) is 15.2. The van der Waals surface area contributed by atoms with Crippen LogP contribution in [0.5, 0.6) is 0 Å². The van der Waals surface area contributed by atoms with E-state index in [0.717, 1.165) is 17.1 Å². The molecule has 0 aliphatic rings. The van der Waals surface area contributed by atoms with Crippen LogP contribution in [0, 0.1) is 0 Å². The molecule has 116 valence electrons. The Balaban J connectivity index is 1.81. The average Bonchev–Trinajstić information content (AvgIpc) is 3.23. The van der Waals surface area contributed by atoms with Gasteiger partial charge in [0.1, 0.15) is 13.7 Å². The fourth-order valence-electron chi connectivity index (χ4n) is 2.50. The molecule has 3 heterocycles. The van der Waals surface area contributed by atoms with Crippen LogP contribution in [-0.4, -0.2) is 22.4 Å². The predicted molar refractivity (Wildman–Crippen MR) is 100 cm³/mol. The predicted octanol–water partition coefficient (Wildman–Crippen LogP) is 3.52. The van der Waals surface area contributed by atoms with Crippen molar-refractivity contribution in [1.82, 2.24) is 14.6 Å². The fraction of sp³-hybridized carbons (Fsp3) is 0.0588. The Kier molecular flexibility index (Phi) is 4.00. The Morgan fingerprint density at radius 1 is 1.21 bits per heavy atom. The number of nitrogens with zero attached hydrogens (tertiary/aromatic N) is 3. The lowest BCUT2D eigenvalue weighted by atomic mass is 10.0. The Hall–Kier alpha value is -2.31. The molecule has 0 fully saturated rings. The molecule has 1 N–H and O–H groups in total. The zero-order valence-corrected chi connectivity index (χ0v) is 14.2.